The molecule has 0 amide bonds. The third-order valence-electron chi connectivity index (χ3n) is 6.39. The number of aryl methyl sites for hydroxylation is 2. The summed E-state index contributed by atoms with van der Waals surface area (Å²) in [6.45, 7) is 0. The van der Waals surface area contributed by atoms with E-state index in [4.69, 9.17) is 4.74 Å². The Morgan fingerprint density at radius 1 is 1.07 bits per heavy atom. The largest absolute Gasteiger partial charge is 0.381 e. The number of hydrogen-bond donors (Lipinski definition) is 0. The van der Waals surface area contributed by atoms with Gasteiger partial charge in [-0.3, -0.25) is 0 Å². The molecule has 138 valence electrons. The summed E-state index contributed by atoms with van der Waals surface area (Å²) in [6, 6.07) is 17.4. The van der Waals surface area contributed by atoms with Crippen LogP contribution in [0.1, 0.15) is 47.9 Å². The smallest absolute Gasteiger partial charge is 0.205 e. The summed E-state index contributed by atoms with van der Waals surface area (Å²) in [4.78, 5) is 4.33. The van der Waals surface area contributed by atoms with Crippen LogP contribution in [0.25, 0.3) is 0 Å². The van der Waals surface area contributed by atoms with E-state index >= 15 is 0 Å². The highest BCUT2D eigenvalue weighted by molar-refractivity contribution is 6.09. The maximum atomic E-state index is 9.32. The Balaban J connectivity index is 1.57. The summed E-state index contributed by atoms with van der Waals surface area (Å²) in [5.41, 5.74) is 6.30. The Hall–Kier alpha value is -2.44. The third-order valence-corrected chi connectivity index (χ3v) is 6.39. The number of nitrogens with zero attached hydrogens (tertiary/aromatic N) is 2. The van der Waals surface area contributed by atoms with Crippen molar-refractivity contribution in [2.24, 2.45) is 10.4 Å². The van der Waals surface area contributed by atoms with E-state index in [1.165, 1.54) is 22.3 Å². The highest BCUT2D eigenvalue weighted by Crippen LogP contribution is 2.48. The maximum Gasteiger partial charge on any atom is 0.205 e. The van der Waals surface area contributed by atoms with Gasteiger partial charge in [-0.2, -0.15) is 10.3 Å². The number of rotatable bonds is 4. The molecule has 0 atom stereocenters. The number of aliphatic imine (C=N–C) groups is 1. The van der Waals surface area contributed by atoms with Gasteiger partial charge in [-0.05, 0) is 67.7 Å². The fraction of sp³-hybridized carbons (Fsp3) is 0.417. The molecule has 2 aliphatic rings. The number of hydrogen-bond acceptors (Lipinski definition) is 3. The van der Waals surface area contributed by atoms with Crippen LogP contribution in [0.4, 0.5) is 0 Å². The van der Waals surface area contributed by atoms with Gasteiger partial charge in [0.1, 0.15) is 0 Å². The fourth-order valence-corrected chi connectivity index (χ4v) is 4.84. The molecule has 3 nitrogen and oxygen atoms in total. The van der Waals surface area contributed by atoms with Crippen LogP contribution in [0, 0.1) is 16.9 Å². The van der Waals surface area contributed by atoms with Gasteiger partial charge in [-0.1, -0.05) is 42.5 Å². The lowest BCUT2D eigenvalue weighted by atomic mass is 9.70. The molecule has 1 saturated carbocycles. The molecule has 0 radical (unpaired) electrons. The van der Waals surface area contributed by atoms with Crippen LogP contribution in [-0.2, 0) is 24.0 Å². The van der Waals surface area contributed by atoms with Gasteiger partial charge in [0, 0.05) is 18.1 Å². The molecule has 2 aromatic carbocycles. The highest BCUT2D eigenvalue weighted by Gasteiger charge is 2.45. The molecule has 0 N–H and O–H groups in total. The predicted octanol–water partition coefficient (Wildman–Crippen LogP) is 4.87. The van der Waals surface area contributed by atoms with Crippen LogP contribution in [0.2, 0.25) is 0 Å². The van der Waals surface area contributed by atoms with E-state index in [0.29, 0.717) is 6.10 Å². The van der Waals surface area contributed by atoms with Crippen LogP contribution in [-0.4, -0.2) is 18.9 Å². The van der Waals surface area contributed by atoms with Gasteiger partial charge in [-0.25, -0.2) is 0 Å². The molecular formula is C24H26N2O. The summed E-state index contributed by atoms with van der Waals surface area (Å²) in [5, 5.41) is 9.32. The Kier molecular flexibility index (Phi) is 5.09. The van der Waals surface area contributed by atoms with E-state index in [-0.39, 0.29) is 5.41 Å². The van der Waals surface area contributed by atoms with Crippen LogP contribution < -0.4 is 0 Å². The topological polar surface area (TPSA) is 45.4 Å². The normalized spacial score (nSPS) is 25.5. The number of benzene rings is 2. The number of methoxy groups -OCH3 is 1. The van der Waals surface area contributed by atoms with Crippen molar-refractivity contribution in [3.05, 3.63) is 70.8 Å². The van der Waals surface area contributed by atoms with Crippen LogP contribution in [0.15, 0.2) is 53.5 Å². The second-order valence-electron chi connectivity index (χ2n) is 7.93. The number of ether oxygens (including phenoxy) is 1. The van der Waals surface area contributed by atoms with Crippen molar-refractivity contribution < 1.29 is 4.74 Å². The van der Waals surface area contributed by atoms with Crippen molar-refractivity contribution >= 4 is 5.71 Å². The molecule has 0 saturated heterocycles. The Bertz CT molecular complexity index is 871. The highest BCUT2D eigenvalue weighted by atomic mass is 16.5. The SMILES string of the molecule is COC1CCC2(CC1)Cc1ccc(CCc3ccccc3)cc1C2=NC#N. The first-order chi connectivity index (χ1) is 13.2. The lowest BCUT2D eigenvalue weighted by Crippen LogP contribution is -2.35. The van der Waals surface area contributed by atoms with E-state index in [1.54, 1.807) is 7.11 Å². The Labute approximate surface area is 161 Å². The van der Waals surface area contributed by atoms with Gasteiger partial charge in [0.25, 0.3) is 0 Å². The molecule has 4 rings (SSSR count). The minimum atomic E-state index is 0.0329. The van der Waals surface area contributed by atoms with Gasteiger partial charge in [-0.15, -0.1) is 0 Å². The van der Waals surface area contributed by atoms with Gasteiger partial charge in [0.05, 0.1) is 11.8 Å². The summed E-state index contributed by atoms with van der Waals surface area (Å²) in [6.07, 6.45) is 9.70. The molecule has 27 heavy (non-hydrogen) atoms. The second kappa shape index (κ2) is 7.66. The monoisotopic (exact) mass is 358 g/mol. The van der Waals surface area contributed by atoms with Gasteiger partial charge >= 0.3 is 0 Å². The summed E-state index contributed by atoms with van der Waals surface area (Å²) in [5.74, 6) is 0. The first-order valence-electron chi connectivity index (χ1n) is 9.90. The standard InChI is InChI=1S/C24H26N2O/c1-27-21-11-13-24(14-12-21)16-20-10-9-19(15-22(20)23(24)26-17-25)8-7-18-5-3-2-4-6-18/h2-6,9-10,15,21H,7-8,11-14,16H2,1H3. The van der Waals surface area contributed by atoms with Gasteiger partial charge < -0.3 is 4.74 Å². The molecule has 0 bridgehead atoms. The summed E-state index contributed by atoms with van der Waals surface area (Å²) >= 11 is 0. The lowest BCUT2D eigenvalue weighted by molar-refractivity contribution is 0.0468. The molecular weight excluding hydrogens is 332 g/mol. The minimum Gasteiger partial charge on any atom is -0.381 e. The van der Waals surface area contributed by atoms with Crippen molar-refractivity contribution in [2.45, 2.75) is 51.0 Å². The Morgan fingerprint density at radius 2 is 1.81 bits per heavy atom. The zero-order chi connectivity index (χ0) is 18.7. The maximum absolute atomic E-state index is 9.32. The molecule has 3 heteroatoms. The van der Waals surface area contributed by atoms with Crippen LogP contribution in [0.5, 0.6) is 0 Å². The van der Waals surface area contributed by atoms with E-state index in [2.05, 4.69) is 59.7 Å². The molecule has 0 unspecified atom stereocenters. The molecule has 1 spiro atoms. The predicted molar refractivity (Wildman–Crippen MR) is 108 cm³/mol. The summed E-state index contributed by atoms with van der Waals surface area (Å²) < 4.78 is 5.55. The first kappa shape index (κ1) is 17.9. The quantitative estimate of drug-likeness (QED) is 0.732. The number of nitriles is 1. The van der Waals surface area contributed by atoms with Crippen molar-refractivity contribution in [3.8, 4) is 6.19 Å². The second-order valence-corrected chi connectivity index (χ2v) is 7.93. The molecule has 0 aliphatic heterocycles. The zero-order valence-corrected chi connectivity index (χ0v) is 15.9. The van der Waals surface area contributed by atoms with E-state index < -0.39 is 0 Å². The van der Waals surface area contributed by atoms with Crippen LogP contribution >= 0.6 is 0 Å². The molecule has 0 aromatic heterocycles. The van der Waals surface area contributed by atoms with Crippen molar-refractivity contribution in [3.63, 3.8) is 0 Å². The molecule has 2 aromatic rings. The molecule has 1 fully saturated rings. The van der Waals surface area contributed by atoms with E-state index in [0.717, 1.165) is 50.7 Å². The number of fused-ring (bicyclic) bond motifs is 1. The zero-order valence-electron chi connectivity index (χ0n) is 15.9. The van der Waals surface area contributed by atoms with Gasteiger partial charge in [0.2, 0.25) is 6.19 Å². The van der Waals surface area contributed by atoms with Crippen molar-refractivity contribution in [1.82, 2.24) is 0 Å². The van der Waals surface area contributed by atoms with Crippen LogP contribution in [0.3, 0.4) is 0 Å². The lowest BCUT2D eigenvalue weighted by Gasteiger charge is -2.36. The fourth-order valence-electron chi connectivity index (χ4n) is 4.84. The van der Waals surface area contributed by atoms with E-state index in [1.807, 2.05) is 0 Å². The average Bonchev–Trinajstić information content (AvgIpc) is 3.01. The van der Waals surface area contributed by atoms with Crippen molar-refractivity contribution in [1.29, 1.82) is 5.26 Å². The van der Waals surface area contributed by atoms with Crippen molar-refractivity contribution in [2.75, 3.05) is 7.11 Å². The third kappa shape index (κ3) is 3.55. The summed E-state index contributed by atoms with van der Waals surface area (Å²) in [7, 11) is 1.80. The van der Waals surface area contributed by atoms with E-state index in [9.17, 15) is 5.26 Å². The molecule has 2 aliphatic carbocycles. The van der Waals surface area contributed by atoms with Gasteiger partial charge in [0.15, 0.2) is 0 Å². The molecule has 0 heterocycles. The average molecular weight is 358 g/mol. The Morgan fingerprint density at radius 3 is 2.52 bits per heavy atom. The first-order valence-corrected chi connectivity index (χ1v) is 9.90. The minimum absolute atomic E-state index is 0.0329.